The Balaban J connectivity index is 2.73. The number of carboxylic acids is 2. The molecule has 0 amide bonds. The van der Waals surface area contributed by atoms with E-state index in [1.807, 2.05) is 30.3 Å². The van der Waals surface area contributed by atoms with Gasteiger partial charge >= 0.3 is 11.9 Å². The maximum Gasteiger partial charge on any atom is 0.328 e. The van der Waals surface area contributed by atoms with Gasteiger partial charge in [0.15, 0.2) is 0 Å². The molecular weight excluding hydrogens is 208 g/mol. The predicted molar refractivity (Wildman–Crippen MR) is 58.0 cm³/mol. The molecule has 4 heteroatoms. The highest BCUT2D eigenvalue weighted by Crippen LogP contribution is 2.10. The molecule has 16 heavy (non-hydrogen) atoms. The van der Waals surface area contributed by atoms with E-state index in [1.54, 1.807) is 0 Å². The van der Waals surface area contributed by atoms with Crippen LogP contribution in [0.5, 0.6) is 0 Å². The number of hydrogen-bond acceptors (Lipinski definition) is 2. The van der Waals surface area contributed by atoms with Gasteiger partial charge in [0, 0.05) is 6.08 Å². The Morgan fingerprint density at radius 1 is 1.19 bits per heavy atom. The second kappa shape index (κ2) is 5.70. The van der Waals surface area contributed by atoms with Gasteiger partial charge in [-0.1, -0.05) is 36.4 Å². The molecule has 0 saturated carbocycles. The Hall–Kier alpha value is -2.10. The molecule has 0 fully saturated rings. The van der Waals surface area contributed by atoms with Gasteiger partial charge in [-0.15, -0.1) is 0 Å². The highest BCUT2D eigenvalue weighted by atomic mass is 16.4. The predicted octanol–water partition coefficient (Wildman–Crippen LogP) is 1.57. The number of aliphatic carboxylic acids is 2. The topological polar surface area (TPSA) is 74.6 Å². The quantitative estimate of drug-likeness (QED) is 0.738. The molecule has 2 N–H and O–H groups in total. The third-order valence-electron chi connectivity index (χ3n) is 2.09. The largest absolute Gasteiger partial charge is 0.481 e. The fourth-order valence-electron chi connectivity index (χ4n) is 1.30. The van der Waals surface area contributed by atoms with Crippen molar-refractivity contribution in [2.75, 3.05) is 0 Å². The fraction of sp³-hybridized carbons (Fsp3) is 0.167. The van der Waals surface area contributed by atoms with Crippen LogP contribution in [0.3, 0.4) is 0 Å². The first-order chi connectivity index (χ1) is 7.59. The summed E-state index contributed by atoms with van der Waals surface area (Å²) in [4.78, 5) is 21.2. The molecule has 1 unspecified atom stereocenters. The summed E-state index contributed by atoms with van der Waals surface area (Å²) in [5.74, 6) is -2.97. The van der Waals surface area contributed by atoms with E-state index in [0.29, 0.717) is 6.42 Å². The normalized spacial score (nSPS) is 12.5. The minimum absolute atomic E-state index is 0.292. The van der Waals surface area contributed by atoms with Crippen LogP contribution in [0.15, 0.2) is 42.5 Å². The maximum atomic E-state index is 10.9. The van der Waals surface area contributed by atoms with E-state index >= 15 is 0 Å². The van der Waals surface area contributed by atoms with Gasteiger partial charge in [0.2, 0.25) is 0 Å². The lowest BCUT2D eigenvalue weighted by Gasteiger charge is -2.06. The van der Waals surface area contributed by atoms with Crippen LogP contribution in [0.25, 0.3) is 0 Å². The molecule has 0 aromatic heterocycles. The molecule has 0 aliphatic rings. The first-order valence-electron chi connectivity index (χ1n) is 4.77. The van der Waals surface area contributed by atoms with Gasteiger partial charge in [-0.05, 0) is 12.0 Å². The standard InChI is InChI=1S/C12H12O4/c13-11(14)7-6-10(12(15)16)8-9-4-2-1-3-5-9/h1-7,10H,8H2,(H,13,14)(H,15,16)/b7-6+. The molecule has 0 bridgehead atoms. The molecule has 4 nitrogen and oxygen atoms in total. The zero-order chi connectivity index (χ0) is 12.0. The molecule has 1 rings (SSSR count). The van der Waals surface area contributed by atoms with Gasteiger partial charge in [-0.3, -0.25) is 4.79 Å². The molecule has 1 aromatic carbocycles. The van der Waals surface area contributed by atoms with E-state index in [9.17, 15) is 9.59 Å². The summed E-state index contributed by atoms with van der Waals surface area (Å²) >= 11 is 0. The van der Waals surface area contributed by atoms with Crippen molar-refractivity contribution in [1.82, 2.24) is 0 Å². The Labute approximate surface area is 92.8 Å². The molecule has 0 aliphatic heterocycles. The van der Waals surface area contributed by atoms with E-state index < -0.39 is 17.9 Å². The van der Waals surface area contributed by atoms with Crippen LogP contribution >= 0.6 is 0 Å². The van der Waals surface area contributed by atoms with Crippen LogP contribution in [0.2, 0.25) is 0 Å². The first-order valence-corrected chi connectivity index (χ1v) is 4.77. The van der Waals surface area contributed by atoms with Crippen molar-refractivity contribution in [3.63, 3.8) is 0 Å². The van der Waals surface area contributed by atoms with Crippen LogP contribution in [0.4, 0.5) is 0 Å². The van der Waals surface area contributed by atoms with E-state index in [1.165, 1.54) is 6.08 Å². The zero-order valence-corrected chi connectivity index (χ0v) is 8.54. The van der Waals surface area contributed by atoms with Crippen LogP contribution in [-0.2, 0) is 16.0 Å². The Morgan fingerprint density at radius 3 is 2.31 bits per heavy atom. The fourth-order valence-corrected chi connectivity index (χ4v) is 1.30. The molecule has 0 spiro atoms. The number of carbonyl (C=O) groups is 2. The molecule has 0 saturated heterocycles. The summed E-state index contributed by atoms with van der Waals surface area (Å²) in [6.45, 7) is 0. The third-order valence-corrected chi connectivity index (χ3v) is 2.09. The Kier molecular flexibility index (Phi) is 4.27. The Bertz CT molecular complexity index is 395. The summed E-state index contributed by atoms with van der Waals surface area (Å²) in [5.41, 5.74) is 0.866. The van der Waals surface area contributed by atoms with E-state index in [4.69, 9.17) is 10.2 Å². The van der Waals surface area contributed by atoms with E-state index in [0.717, 1.165) is 11.6 Å². The third kappa shape index (κ3) is 3.96. The SMILES string of the molecule is O=C(O)/C=C/C(Cc1ccccc1)C(=O)O. The number of rotatable bonds is 5. The lowest BCUT2D eigenvalue weighted by Crippen LogP contribution is -2.14. The average molecular weight is 220 g/mol. The summed E-state index contributed by atoms with van der Waals surface area (Å²) in [6, 6.07) is 9.09. The molecule has 1 atom stereocenters. The smallest absolute Gasteiger partial charge is 0.328 e. The van der Waals surface area contributed by atoms with E-state index in [2.05, 4.69) is 0 Å². The van der Waals surface area contributed by atoms with Gasteiger partial charge < -0.3 is 10.2 Å². The van der Waals surface area contributed by atoms with Crippen molar-refractivity contribution >= 4 is 11.9 Å². The van der Waals surface area contributed by atoms with Crippen LogP contribution in [-0.4, -0.2) is 22.2 Å². The summed E-state index contributed by atoms with van der Waals surface area (Å²) in [7, 11) is 0. The van der Waals surface area contributed by atoms with Crippen LogP contribution in [0, 0.1) is 5.92 Å². The maximum absolute atomic E-state index is 10.9. The van der Waals surface area contributed by atoms with Crippen molar-refractivity contribution in [2.24, 2.45) is 5.92 Å². The summed E-state index contributed by atoms with van der Waals surface area (Å²) in [5, 5.41) is 17.3. The van der Waals surface area contributed by atoms with Crippen LogP contribution in [0.1, 0.15) is 5.56 Å². The van der Waals surface area contributed by atoms with Gasteiger partial charge in [0.05, 0.1) is 5.92 Å². The van der Waals surface area contributed by atoms with Gasteiger partial charge in [0.1, 0.15) is 0 Å². The second-order valence-electron chi connectivity index (χ2n) is 3.33. The van der Waals surface area contributed by atoms with Gasteiger partial charge in [0.25, 0.3) is 0 Å². The minimum Gasteiger partial charge on any atom is -0.481 e. The van der Waals surface area contributed by atoms with E-state index in [-0.39, 0.29) is 0 Å². The monoisotopic (exact) mass is 220 g/mol. The molecule has 0 aliphatic carbocycles. The number of benzene rings is 1. The molecule has 0 heterocycles. The zero-order valence-electron chi connectivity index (χ0n) is 8.54. The second-order valence-corrected chi connectivity index (χ2v) is 3.33. The van der Waals surface area contributed by atoms with Crippen LogP contribution < -0.4 is 0 Å². The van der Waals surface area contributed by atoms with Gasteiger partial charge in [-0.25, -0.2) is 4.79 Å². The van der Waals surface area contributed by atoms with Crippen molar-refractivity contribution in [3.8, 4) is 0 Å². The Morgan fingerprint density at radius 2 is 1.81 bits per heavy atom. The molecule has 84 valence electrons. The lowest BCUT2D eigenvalue weighted by atomic mass is 9.99. The molecular formula is C12H12O4. The van der Waals surface area contributed by atoms with Gasteiger partial charge in [-0.2, -0.15) is 0 Å². The minimum atomic E-state index is -1.14. The highest BCUT2D eigenvalue weighted by molar-refractivity contribution is 5.81. The van der Waals surface area contributed by atoms with Crippen molar-refractivity contribution in [1.29, 1.82) is 0 Å². The number of hydrogen-bond donors (Lipinski definition) is 2. The molecule has 1 aromatic rings. The summed E-state index contributed by atoms with van der Waals surface area (Å²) < 4.78 is 0. The van der Waals surface area contributed by atoms with Crippen molar-refractivity contribution in [2.45, 2.75) is 6.42 Å². The van der Waals surface area contributed by atoms with Crippen molar-refractivity contribution in [3.05, 3.63) is 48.0 Å². The lowest BCUT2D eigenvalue weighted by molar-refractivity contribution is -0.140. The highest BCUT2D eigenvalue weighted by Gasteiger charge is 2.14. The average Bonchev–Trinajstić information content (AvgIpc) is 2.25. The van der Waals surface area contributed by atoms with Crippen molar-refractivity contribution < 1.29 is 19.8 Å². The first kappa shape index (κ1) is 12.0. The molecule has 0 radical (unpaired) electrons. The summed E-state index contributed by atoms with van der Waals surface area (Å²) in [6.07, 6.45) is 2.35. The number of carboxylic acid groups (broad SMARTS) is 2.